The van der Waals surface area contributed by atoms with Gasteiger partial charge in [0.05, 0.1) is 28.4 Å². The Labute approximate surface area is 237 Å². The zero-order valence-electron chi connectivity index (χ0n) is 24.0. The number of piperidine rings is 1. The third kappa shape index (κ3) is 6.83. The fourth-order valence-corrected chi connectivity index (χ4v) is 6.74. The van der Waals surface area contributed by atoms with Crippen LogP contribution in [0.4, 0.5) is 0 Å². The van der Waals surface area contributed by atoms with E-state index in [1.165, 1.54) is 41.6 Å². The van der Waals surface area contributed by atoms with Crippen molar-refractivity contribution in [3.8, 4) is 23.0 Å². The molecule has 10 nitrogen and oxygen atoms in total. The van der Waals surface area contributed by atoms with Crippen LogP contribution in [0.15, 0.2) is 24.3 Å². The second-order valence-electron chi connectivity index (χ2n) is 10.7. The number of benzene rings is 2. The van der Waals surface area contributed by atoms with Crippen LogP contribution in [0.25, 0.3) is 0 Å². The lowest BCUT2D eigenvalue weighted by atomic mass is 9.72. The van der Waals surface area contributed by atoms with Crippen LogP contribution in [-0.2, 0) is 23.2 Å². The summed E-state index contributed by atoms with van der Waals surface area (Å²) in [5.41, 5.74) is 5.60. The summed E-state index contributed by atoms with van der Waals surface area (Å²) in [6.07, 6.45) is 5.65. The standard InChI is InChI=1S/C29H40N2O4.H2O4S/c1-6-18-17-31-10-8-20-14-27(33-3)29(35-5)16-23(20)25(31)12-21(18)11-24-22-15-28(34-4)26(32-2)13-19(22)7-9-30-24;1-5(2,3)4/h13-16,18,21,24-25,30H,6-12,17H2,1-5H3;(H2,1,2,3,4)/t18-,21-,24+,25-;/m0./s1. The Kier molecular flexibility index (Phi) is 9.84. The molecule has 0 spiro atoms. The molecule has 1 fully saturated rings. The Hall–Kier alpha value is -2.57. The minimum Gasteiger partial charge on any atom is -0.493 e. The highest BCUT2D eigenvalue weighted by atomic mass is 32.3. The van der Waals surface area contributed by atoms with Crippen molar-refractivity contribution in [3.63, 3.8) is 0 Å². The quantitative estimate of drug-likeness (QED) is 0.410. The third-order valence-corrected chi connectivity index (χ3v) is 8.64. The molecule has 2 aromatic rings. The van der Waals surface area contributed by atoms with E-state index in [1.54, 1.807) is 28.4 Å². The number of fused-ring (bicyclic) bond motifs is 4. The maximum atomic E-state index is 8.74. The maximum Gasteiger partial charge on any atom is 0.394 e. The van der Waals surface area contributed by atoms with Gasteiger partial charge in [-0.2, -0.15) is 8.42 Å². The van der Waals surface area contributed by atoms with Crippen molar-refractivity contribution in [2.24, 2.45) is 11.8 Å². The number of nitrogens with one attached hydrogen (secondary N) is 1. The number of methoxy groups -OCH3 is 4. The van der Waals surface area contributed by atoms with Gasteiger partial charge in [0.25, 0.3) is 0 Å². The van der Waals surface area contributed by atoms with Gasteiger partial charge in [-0.05, 0) is 90.6 Å². The highest BCUT2D eigenvalue weighted by Gasteiger charge is 2.40. The minimum atomic E-state index is -4.67. The molecule has 4 atom stereocenters. The first kappa shape index (κ1) is 30.4. The van der Waals surface area contributed by atoms with E-state index in [9.17, 15) is 0 Å². The number of nitrogens with zero attached hydrogens (tertiary/aromatic N) is 1. The summed E-state index contributed by atoms with van der Waals surface area (Å²) in [6.45, 7) is 5.66. The molecule has 0 unspecified atom stereocenters. The van der Waals surface area contributed by atoms with E-state index < -0.39 is 10.4 Å². The summed E-state index contributed by atoms with van der Waals surface area (Å²) in [5.74, 6) is 4.69. The second-order valence-corrected chi connectivity index (χ2v) is 11.6. The fourth-order valence-electron chi connectivity index (χ4n) is 6.74. The van der Waals surface area contributed by atoms with Crippen LogP contribution in [0.2, 0.25) is 0 Å². The average molecular weight is 579 g/mol. The predicted molar refractivity (Wildman–Crippen MR) is 152 cm³/mol. The Morgan fingerprint density at radius 3 is 1.93 bits per heavy atom. The van der Waals surface area contributed by atoms with Gasteiger partial charge in [-0.3, -0.25) is 14.0 Å². The van der Waals surface area contributed by atoms with Crippen LogP contribution >= 0.6 is 0 Å². The van der Waals surface area contributed by atoms with E-state index in [0.717, 1.165) is 55.4 Å². The molecular weight excluding hydrogens is 536 g/mol. The van der Waals surface area contributed by atoms with E-state index in [-0.39, 0.29) is 0 Å². The Balaban J connectivity index is 0.000000681. The Morgan fingerprint density at radius 2 is 1.38 bits per heavy atom. The first-order chi connectivity index (χ1) is 19.1. The van der Waals surface area contributed by atoms with Gasteiger partial charge in [0.1, 0.15) is 0 Å². The normalized spacial score (nSPS) is 24.0. The molecule has 0 aliphatic carbocycles. The third-order valence-electron chi connectivity index (χ3n) is 8.64. The van der Waals surface area contributed by atoms with E-state index >= 15 is 0 Å². The number of ether oxygens (including phenoxy) is 4. The molecule has 1 saturated heterocycles. The van der Waals surface area contributed by atoms with Crippen LogP contribution in [0.1, 0.15) is 60.5 Å². The SMILES string of the molecule is CC[C@H]1CN2CCc3cc(OC)c(OC)cc3[C@@H]2C[C@@H]1C[C@H]1NCCc2cc(OC)c(OC)cc21.O=S(=O)(O)O. The van der Waals surface area contributed by atoms with Crippen molar-refractivity contribution >= 4 is 10.4 Å². The minimum absolute atomic E-state index is 0.345. The predicted octanol–water partition coefficient (Wildman–Crippen LogP) is 4.29. The van der Waals surface area contributed by atoms with Crippen LogP contribution in [0, 0.1) is 11.8 Å². The van der Waals surface area contributed by atoms with Crippen LogP contribution in [-0.4, -0.2) is 70.5 Å². The number of hydrogen-bond acceptors (Lipinski definition) is 8. The highest BCUT2D eigenvalue weighted by Crippen LogP contribution is 2.48. The molecule has 3 N–H and O–H groups in total. The van der Waals surface area contributed by atoms with Gasteiger partial charge in [0, 0.05) is 25.2 Å². The first-order valence-electron chi connectivity index (χ1n) is 13.8. The molecule has 0 radical (unpaired) electrons. The van der Waals surface area contributed by atoms with Crippen LogP contribution < -0.4 is 24.3 Å². The van der Waals surface area contributed by atoms with Gasteiger partial charge >= 0.3 is 10.4 Å². The molecule has 40 heavy (non-hydrogen) atoms. The van der Waals surface area contributed by atoms with Crippen molar-refractivity contribution in [2.75, 3.05) is 48.1 Å². The number of hydrogen-bond donors (Lipinski definition) is 3. The lowest BCUT2D eigenvalue weighted by Gasteiger charge is -2.48. The first-order valence-corrected chi connectivity index (χ1v) is 15.2. The maximum absolute atomic E-state index is 8.74. The molecular formula is C29H42N2O8S. The highest BCUT2D eigenvalue weighted by molar-refractivity contribution is 7.79. The molecule has 0 aromatic heterocycles. The summed E-state index contributed by atoms with van der Waals surface area (Å²) >= 11 is 0. The lowest BCUT2D eigenvalue weighted by molar-refractivity contribution is 0.0434. The average Bonchev–Trinajstić information content (AvgIpc) is 2.94. The van der Waals surface area contributed by atoms with Crippen LogP contribution in [0.3, 0.4) is 0 Å². The summed E-state index contributed by atoms with van der Waals surface area (Å²) < 4.78 is 54.1. The largest absolute Gasteiger partial charge is 0.493 e. The molecule has 3 aliphatic heterocycles. The van der Waals surface area contributed by atoms with Gasteiger partial charge in [-0.1, -0.05) is 13.3 Å². The van der Waals surface area contributed by atoms with E-state index in [2.05, 4.69) is 41.4 Å². The van der Waals surface area contributed by atoms with E-state index in [1.807, 2.05) is 0 Å². The monoisotopic (exact) mass is 578 g/mol. The second kappa shape index (κ2) is 12.9. The lowest BCUT2D eigenvalue weighted by Crippen LogP contribution is -2.46. The van der Waals surface area contributed by atoms with E-state index in [0.29, 0.717) is 23.9 Å². The summed E-state index contributed by atoms with van der Waals surface area (Å²) in [6, 6.07) is 9.61. The van der Waals surface area contributed by atoms with Crippen molar-refractivity contribution in [3.05, 3.63) is 46.5 Å². The fraction of sp³-hybridized carbons (Fsp3) is 0.586. The van der Waals surface area contributed by atoms with Crippen molar-refractivity contribution < 1.29 is 36.5 Å². The van der Waals surface area contributed by atoms with Crippen molar-refractivity contribution in [2.45, 2.75) is 51.1 Å². The molecule has 222 valence electrons. The molecule has 0 amide bonds. The molecule has 3 aliphatic rings. The zero-order chi connectivity index (χ0) is 29.0. The summed E-state index contributed by atoms with van der Waals surface area (Å²) in [4.78, 5) is 2.72. The summed E-state index contributed by atoms with van der Waals surface area (Å²) in [5, 5.41) is 3.83. The Morgan fingerprint density at radius 1 is 0.850 bits per heavy atom. The van der Waals surface area contributed by atoms with Crippen LogP contribution in [0.5, 0.6) is 23.0 Å². The van der Waals surface area contributed by atoms with Gasteiger partial charge in [-0.25, -0.2) is 0 Å². The smallest absolute Gasteiger partial charge is 0.394 e. The van der Waals surface area contributed by atoms with Crippen molar-refractivity contribution in [1.82, 2.24) is 10.2 Å². The molecule has 0 saturated carbocycles. The van der Waals surface area contributed by atoms with Gasteiger partial charge in [0.15, 0.2) is 23.0 Å². The van der Waals surface area contributed by atoms with Gasteiger partial charge in [-0.15, -0.1) is 0 Å². The van der Waals surface area contributed by atoms with Gasteiger partial charge in [0.2, 0.25) is 0 Å². The molecule has 3 heterocycles. The van der Waals surface area contributed by atoms with Crippen molar-refractivity contribution in [1.29, 1.82) is 0 Å². The molecule has 5 rings (SSSR count). The van der Waals surface area contributed by atoms with Gasteiger partial charge < -0.3 is 24.3 Å². The summed E-state index contributed by atoms with van der Waals surface area (Å²) in [7, 11) is 2.23. The van der Waals surface area contributed by atoms with E-state index in [4.69, 9.17) is 36.5 Å². The number of rotatable bonds is 7. The molecule has 0 bridgehead atoms. The zero-order valence-corrected chi connectivity index (χ0v) is 24.8. The molecule has 11 heteroatoms. The Bertz CT molecular complexity index is 1280. The topological polar surface area (TPSA) is 127 Å². The molecule has 2 aromatic carbocycles.